The van der Waals surface area contributed by atoms with E-state index in [-0.39, 0.29) is 12.5 Å². The van der Waals surface area contributed by atoms with Crippen LogP contribution in [0.15, 0.2) is 40.2 Å². The molecule has 1 N–H and O–H groups in total. The van der Waals surface area contributed by atoms with E-state index in [2.05, 4.69) is 52.5 Å². The summed E-state index contributed by atoms with van der Waals surface area (Å²) in [5.74, 6) is 2.67. The molecule has 0 bridgehead atoms. The Balaban J connectivity index is 1.86. The lowest BCUT2D eigenvalue weighted by Crippen LogP contribution is -2.41. The minimum Gasteiger partial charge on any atom is -0.357 e. The smallest absolute Gasteiger partial charge is 0.243 e. The number of thioether (sulfide) groups is 1. The van der Waals surface area contributed by atoms with Gasteiger partial charge in [0.15, 0.2) is 5.96 Å². The van der Waals surface area contributed by atoms with Crippen molar-refractivity contribution in [3.63, 3.8) is 0 Å². The summed E-state index contributed by atoms with van der Waals surface area (Å²) in [7, 11) is 3.52. The summed E-state index contributed by atoms with van der Waals surface area (Å²) < 4.78 is 0. The molecule has 1 unspecified atom stereocenters. The molecule has 0 aliphatic carbocycles. The Kier molecular flexibility index (Phi) is 7.43. The van der Waals surface area contributed by atoms with Crippen molar-refractivity contribution in [1.29, 1.82) is 0 Å². The van der Waals surface area contributed by atoms with E-state index >= 15 is 0 Å². The van der Waals surface area contributed by atoms with Crippen molar-refractivity contribution < 1.29 is 4.79 Å². The predicted molar refractivity (Wildman–Crippen MR) is 102 cm³/mol. The second kappa shape index (κ2) is 9.57. The predicted octanol–water partition coefficient (Wildman–Crippen LogP) is 2.15. The maximum Gasteiger partial charge on any atom is 0.243 e. The maximum absolute atomic E-state index is 11.8. The van der Waals surface area contributed by atoms with Gasteiger partial charge < -0.3 is 15.1 Å². The van der Waals surface area contributed by atoms with Crippen molar-refractivity contribution in [1.82, 2.24) is 15.1 Å². The first-order valence-corrected chi connectivity index (χ1v) is 9.50. The van der Waals surface area contributed by atoms with Crippen LogP contribution >= 0.6 is 11.8 Å². The summed E-state index contributed by atoms with van der Waals surface area (Å²) in [5, 5.41) is 3.31. The van der Waals surface area contributed by atoms with E-state index in [0.717, 1.165) is 31.3 Å². The molecule has 5 nitrogen and oxygen atoms in total. The average Bonchev–Trinajstić information content (AvgIpc) is 3.06. The molecule has 24 heavy (non-hydrogen) atoms. The summed E-state index contributed by atoms with van der Waals surface area (Å²) in [5.41, 5.74) is 0. The molecule has 2 rings (SSSR count). The second-order valence-corrected chi connectivity index (χ2v) is 7.28. The Morgan fingerprint density at radius 1 is 1.38 bits per heavy atom. The number of guanidine groups is 1. The number of nitrogens with zero attached hydrogens (tertiary/aromatic N) is 3. The first kappa shape index (κ1) is 18.6. The van der Waals surface area contributed by atoms with Crippen LogP contribution in [0.2, 0.25) is 0 Å². The summed E-state index contributed by atoms with van der Waals surface area (Å²) >= 11 is 1.92. The number of nitrogens with one attached hydrogen (secondary N) is 1. The lowest BCUT2D eigenvalue weighted by atomic mass is 10.2. The standard InChI is InChI=1S/C18H28N4OS/c1-4-19-18(20-12-17(23)21(2)3)22-11-10-15(13-22)14-24-16-8-6-5-7-9-16/h5-9,15H,4,10-14H2,1-3H3,(H,19,20). The molecule has 1 aliphatic heterocycles. The Morgan fingerprint density at radius 2 is 2.12 bits per heavy atom. The molecule has 132 valence electrons. The van der Waals surface area contributed by atoms with E-state index < -0.39 is 0 Å². The molecule has 1 atom stereocenters. The highest BCUT2D eigenvalue weighted by Gasteiger charge is 2.25. The van der Waals surface area contributed by atoms with E-state index in [9.17, 15) is 4.79 Å². The fourth-order valence-corrected chi connectivity index (χ4v) is 3.65. The Bertz CT molecular complexity index is 547. The van der Waals surface area contributed by atoms with Crippen LogP contribution in [0, 0.1) is 5.92 Å². The number of carbonyl (C=O) groups is 1. The number of likely N-dealkylation sites (N-methyl/N-ethyl adjacent to an activating group) is 1. The van der Waals surface area contributed by atoms with E-state index in [1.807, 2.05) is 11.8 Å². The van der Waals surface area contributed by atoms with Crippen molar-refractivity contribution in [2.75, 3.05) is 46.0 Å². The number of aliphatic imine (C=N–C) groups is 1. The summed E-state index contributed by atoms with van der Waals surface area (Å²) in [6.45, 7) is 5.08. The number of benzene rings is 1. The molecular weight excluding hydrogens is 320 g/mol. The molecule has 6 heteroatoms. The van der Waals surface area contributed by atoms with Crippen LogP contribution in [0.4, 0.5) is 0 Å². The van der Waals surface area contributed by atoms with Crippen LogP contribution in [0.3, 0.4) is 0 Å². The normalized spacial score (nSPS) is 17.9. The minimum atomic E-state index is 0.0285. The van der Waals surface area contributed by atoms with Crippen LogP contribution in [0.5, 0.6) is 0 Å². The van der Waals surface area contributed by atoms with Crippen LogP contribution < -0.4 is 5.32 Å². The lowest BCUT2D eigenvalue weighted by Gasteiger charge is -2.22. The molecule has 1 heterocycles. The molecule has 1 aliphatic rings. The van der Waals surface area contributed by atoms with Gasteiger partial charge in [-0.2, -0.15) is 0 Å². The molecule has 0 aromatic heterocycles. The van der Waals surface area contributed by atoms with E-state index in [4.69, 9.17) is 0 Å². The van der Waals surface area contributed by atoms with Gasteiger partial charge in [-0.05, 0) is 31.4 Å². The topological polar surface area (TPSA) is 47.9 Å². The molecule has 1 amide bonds. The van der Waals surface area contributed by atoms with Gasteiger partial charge in [0.1, 0.15) is 6.54 Å². The quantitative estimate of drug-likeness (QED) is 0.486. The van der Waals surface area contributed by atoms with Gasteiger partial charge >= 0.3 is 0 Å². The Morgan fingerprint density at radius 3 is 2.79 bits per heavy atom. The number of rotatable bonds is 6. The summed E-state index contributed by atoms with van der Waals surface area (Å²) in [6, 6.07) is 10.5. The SMILES string of the molecule is CCNC(=NCC(=O)N(C)C)N1CCC(CSc2ccccc2)C1. The highest BCUT2D eigenvalue weighted by molar-refractivity contribution is 7.99. The van der Waals surface area contributed by atoms with Crippen LogP contribution in [0.1, 0.15) is 13.3 Å². The van der Waals surface area contributed by atoms with Gasteiger partial charge in [-0.15, -0.1) is 11.8 Å². The number of amides is 1. The highest BCUT2D eigenvalue weighted by atomic mass is 32.2. The maximum atomic E-state index is 11.8. The van der Waals surface area contributed by atoms with Crippen LogP contribution in [-0.2, 0) is 4.79 Å². The number of hydrogen-bond acceptors (Lipinski definition) is 3. The third-order valence-corrected chi connectivity index (χ3v) is 5.26. The molecule has 1 saturated heterocycles. The number of hydrogen-bond donors (Lipinski definition) is 1. The van der Waals surface area contributed by atoms with Crippen molar-refractivity contribution in [3.05, 3.63) is 30.3 Å². The van der Waals surface area contributed by atoms with E-state index in [1.165, 1.54) is 11.3 Å². The third-order valence-electron chi connectivity index (χ3n) is 4.01. The van der Waals surface area contributed by atoms with Gasteiger partial charge in [0, 0.05) is 44.4 Å². The fourth-order valence-electron chi connectivity index (χ4n) is 2.60. The number of carbonyl (C=O) groups excluding carboxylic acids is 1. The van der Waals surface area contributed by atoms with Crippen molar-refractivity contribution in [2.24, 2.45) is 10.9 Å². The zero-order valence-electron chi connectivity index (χ0n) is 14.9. The third kappa shape index (κ3) is 5.74. The molecular formula is C18H28N4OS. The zero-order chi connectivity index (χ0) is 17.4. The molecule has 1 fully saturated rings. The highest BCUT2D eigenvalue weighted by Crippen LogP contribution is 2.25. The average molecular weight is 349 g/mol. The molecule has 1 aromatic carbocycles. The largest absolute Gasteiger partial charge is 0.357 e. The molecule has 0 saturated carbocycles. The first-order valence-electron chi connectivity index (χ1n) is 8.51. The van der Waals surface area contributed by atoms with E-state index in [0.29, 0.717) is 5.92 Å². The summed E-state index contributed by atoms with van der Waals surface area (Å²) in [4.78, 5) is 21.4. The summed E-state index contributed by atoms with van der Waals surface area (Å²) in [6.07, 6.45) is 1.17. The van der Waals surface area contributed by atoms with Gasteiger partial charge in [0.05, 0.1) is 0 Å². The molecule has 1 aromatic rings. The van der Waals surface area contributed by atoms with Crippen LogP contribution in [-0.4, -0.2) is 67.7 Å². The van der Waals surface area contributed by atoms with Gasteiger partial charge in [0.25, 0.3) is 0 Å². The van der Waals surface area contributed by atoms with E-state index in [1.54, 1.807) is 19.0 Å². The van der Waals surface area contributed by atoms with Crippen LogP contribution in [0.25, 0.3) is 0 Å². The van der Waals surface area contributed by atoms with Gasteiger partial charge in [-0.3, -0.25) is 4.79 Å². The van der Waals surface area contributed by atoms with Gasteiger partial charge in [-0.25, -0.2) is 4.99 Å². The lowest BCUT2D eigenvalue weighted by molar-refractivity contribution is -0.127. The minimum absolute atomic E-state index is 0.0285. The number of likely N-dealkylation sites (tertiary alicyclic amines) is 1. The van der Waals surface area contributed by atoms with Gasteiger partial charge in [0.2, 0.25) is 5.91 Å². The fraction of sp³-hybridized carbons (Fsp3) is 0.556. The second-order valence-electron chi connectivity index (χ2n) is 6.18. The zero-order valence-corrected chi connectivity index (χ0v) is 15.7. The monoisotopic (exact) mass is 348 g/mol. The Hall–Kier alpha value is -1.69. The van der Waals surface area contributed by atoms with Crippen molar-refractivity contribution >= 4 is 23.6 Å². The first-order chi connectivity index (χ1) is 11.6. The molecule has 0 spiro atoms. The van der Waals surface area contributed by atoms with Gasteiger partial charge in [-0.1, -0.05) is 18.2 Å². The Labute approximate surface area is 149 Å². The molecule has 0 radical (unpaired) electrons. The van der Waals surface area contributed by atoms with Crippen molar-refractivity contribution in [3.8, 4) is 0 Å². The van der Waals surface area contributed by atoms with Crippen molar-refractivity contribution in [2.45, 2.75) is 18.2 Å².